The third-order valence-electron chi connectivity index (χ3n) is 1.01. The molecule has 48 valence electrons. The van der Waals surface area contributed by atoms with Crippen molar-refractivity contribution in [1.29, 1.82) is 0 Å². The smallest absolute Gasteiger partial charge is 0.0827 e. The van der Waals surface area contributed by atoms with Gasteiger partial charge in [-0.1, -0.05) is 19.8 Å². The van der Waals surface area contributed by atoms with Crippen LogP contribution in [0.25, 0.3) is 0 Å². The Morgan fingerprint density at radius 1 is 1.50 bits per heavy atom. The Kier molecular flexibility index (Phi) is 7.77. The van der Waals surface area contributed by atoms with E-state index in [0.717, 1.165) is 6.42 Å². The summed E-state index contributed by atoms with van der Waals surface area (Å²) in [5.41, 5.74) is 0. The highest BCUT2D eigenvalue weighted by Gasteiger charge is 1.79. The van der Waals surface area contributed by atoms with Gasteiger partial charge in [-0.05, 0) is 12.8 Å². The Bertz CT molecular complexity index is 61.5. The molecule has 0 aliphatic carbocycles. The fourth-order valence-electron chi connectivity index (χ4n) is 0.534. The normalized spacial score (nSPS) is 10.8. The van der Waals surface area contributed by atoms with Crippen LogP contribution < -0.4 is 0 Å². The standard InChI is InChI=1S/C6H12IN/c1-2-3-4-5-6-8-7/h6H,2-5H2,1H3. The molecule has 0 amide bonds. The van der Waals surface area contributed by atoms with Crippen molar-refractivity contribution in [2.75, 3.05) is 0 Å². The molecule has 0 bridgehead atoms. The fourth-order valence-corrected chi connectivity index (χ4v) is 0.813. The van der Waals surface area contributed by atoms with Crippen LogP contribution in [-0.4, -0.2) is 6.21 Å². The molecule has 0 saturated heterocycles. The summed E-state index contributed by atoms with van der Waals surface area (Å²) in [4.78, 5) is 0. The van der Waals surface area contributed by atoms with Crippen molar-refractivity contribution >= 4 is 29.1 Å². The van der Waals surface area contributed by atoms with Crippen LogP contribution in [0.5, 0.6) is 0 Å². The molecular formula is C6H12IN. The number of nitrogens with zero attached hydrogens (tertiary/aromatic N) is 1. The monoisotopic (exact) mass is 225 g/mol. The lowest BCUT2D eigenvalue weighted by Crippen LogP contribution is -1.74. The van der Waals surface area contributed by atoms with Gasteiger partial charge in [-0.25, -0.2) is 3.21 Å². The number of unbranched alkanes of at least 4 members (excludes halogenated alkanes) is 3. The fraction of sp³-hybridized carbons (Fsp3) is 0.833. The van der Waals surface area contributed by atoms with Crippen molar-refractivity contribution in [2.45, 2.75) is 32.6 Å². The van der Waals surface area contributed by atoms with Gasteiger partial charge in [0, 0.05) is 6.21 Å². The van der Waals surface area contributed by atoms with Crippen LogP contribution in [0, 0.1) is 0 Å². The maximum atomic E-state index is 3.85. The summed E-state index contributed by atoms with van der Waals surface area (Å²) in [5, 5.41) is 0. The molecular weight excluding hydrogens is 213 g/mol. The van der Waals surface area contributed by atoms with Crippen LogP contribution in [0.2, 0.25) is 0 Å². The van der Waals surface area contributed by atoms with Crippen LogP contribution in [0.15, 0.2) is 3.21 Å². The quantitative estimate of drug-likeness (QED) is 0.396. The van der Waals surface area contributed by atoms with Crippen molar-refractivity contribution in [3.63, 3.8) is 0 Å². The number of hydrogen-bond donors (Lipinski definition) is 0. The van der Waals surface area contributed by atoms with Crippen LogP contribution in [0.3, 0.4) is 0 Å². The molecule has 0 heterocycles. The zero-order valence-electron chi connectivity index (χ0n) is 5.23. The van der Waals surface area contributed by atoms with E-state index in [-0.39, 0.29) is 0 Å². The van der Waals surface area contributed by atoms with Gasteiger partial charge in [0.2, 0.25) is 0 Å². The molecule has 0 rings (SSSR count). The van der Waals surface area contributed by atoms with Crippen molar-refractivity contribution in [3.8, 4) is 0 Å². The van der Waals surface area contributed by atoms with E-state index < -0.39 is 0 Å². The predicted octanol–water partition coefficient (Wildman–Crippen LogP) is 2.99. The third-order valence-corrected chi connectivity index (χ3v) is 1.40. The molecule has 2 heteroatoms. The van der Waals surface area contributed by atoms with E-state index in [1.54, 1.807) is 0 Å². The number of hydrogen-bond acceptors (Lipinski definition) is 1. The van der Waals surface area contributed by atoms with Gasteiger partial charge >= 0.3 is 0 Å². The molecule has 0 spiro atoms. The lowest BCUT2D eigenvalue weighted by molar-refractivity contribution is 0.747. The lowest BCUT2D eigenvalue weighted by Gasteiger charge is -1.87. The zero-order chi connectivity index (χ0) is 6.24. The molecule has 0 aliphatic heterocycles. The van der Waals surface area contributed by atoms with Crippen LogP contribution >= 0.6 is 22.9 Å². The molecule has 0 unspecified atom stereocenters. The van der Waals surface area contributed by atoms with Gasteiger partial charge in [0.25, 0.3) is 0 Å². The molecule has 1 nitrogen and oxygen atoms in total. The highest BCUT2D eigenvalue weighted by molar-refractivity contribution is 14.1. The Labute approximate surface area is 65.1 Å². The molecule has 0 saturated carbocycles. The molecule has 0 N–H and O–H groups in total. The van der Waals surface area contributed by atoms with E-state index >= 15 is 0 Å². The summed E-state index contributed by atoms with van der Waals surface area (Å²) in [7, 11) is 0. The molecule has 8 heavy (non-hydrogen) atoms. The Hall–Kier alpha value is 0.400. The average molecular weight is 225 g/mol. The van der Waals surface area contributed by atoms with E-state index in [1.807, 2.05) is 29.1 Å². The van der Waals surface area contributed by atoms with Gasteiger partial charge in [0.05, 0.1) is 22.9 Å². The highest BCUT2D eigenvalue weighted by Crippen LogP contribution is 1.96. The molecule has 0 aromatic rings. The van der Waals surface area contributed by atoms with Crippen molar-refractivity contribution in [1.82, 2.24) is 0 Å². The van der Waals surface area contributed by atoms with E-state index in [9.17, 15) is 0 Å². The summed E-state index contributed by atoms with van der Waals surface area (Å²) in [6, 6.07) is 0. The minimum atomic E-state index is 1.15. The number of rotatable bonds is 4. The van der Waals surface area contributed by atoms with Crippen LogP contribution in [0.1, 0.15) is 32.6 Å². The van der Waals surface area contributed by atoms with Crippen LogP contribution in [-0.2, 0) is 0 Å². The molecule has 0 aromatic carbocycles. The summed E-state index contributed by atoms with van der Waals surface area (Å²) in [6.45, 7) is 2.21. The van der Waals surface area contributed by atoms with Gasteiger partial charge in [-0.3, -0.25) is 0 Å². The average Bonchev–Trinajstić information content (AvgIpc) is 1.81. The van der Waals surface area contributed by atoms with Crippen molar-refractivity contribution in [3.05, 3.63) is 0 Å². The second-order valence-corrected chi connectivity index (χ2v) is 2.33. The summed E-state index contributed by atoms with van der Waals surface area (Å²) >= 11 is 2.01. The minimum absolute atomic E-state index is 1.15. The summed E-state index contributed by atoms with van der Waals surface area (Å²) in [5.74, 6) is 0. The topological polar surface area (TPSA) is 12.4 Å². The van der Waals surface area contributed by atoms with Gasteiger partial charge in [-0.2, -0.15) is 0 Å². The van der Waals surface area contributed by atoms with Crippen LogP contribution in [0.4, 0.5) is 0 Å². The summed E-state index contributed by atoms with van der Waals surface area (Å²) < 4.78 is 3.85. The molecule has 0 aromatic heterocycles. The Morgan fingerprint density at radius 2 is 2.25 bits per heavy atom. The first kappa shape index (κ1) is 8.40. The van der Waals surface area contributed by atoms with Gasteiger partial charge in [0.1, 0.15) is 0 Å². The molecule has 0 atom stereocenters. The van der Waals surface area contributed by atoms with Gasteiger partial charge in [0.15, 0.2) is 0 Å². The van der Waals surface area contributed by atoms with Gasteiger partial charge < -0.3 is 0 Å². The predicted molar refractivity (Wildman–Crippen MR) is 46.7 cm³/mol. The van der Waals surface area contributed by atoms with E-state index in [0.29, 0.717) is 0 Å². The molecule has 0 aliphatic rings. The second-order valence-electron chi connectivity index (χ2n) is 1.78. The number of halogens is 1. The first-order valence-electron chi connectivity index (χ1n) is 3.04. The Balaban J connectivity index is 2.72. The second kappa shape index (κ2) is 7.40. The Morgan fingerprint density at radius 3 is 2.75 bits per heavy atom. The van der Waals surface area contributed by atoms with E-state index in [4.69, 9.17) is 0 Å². The highest BCUT2D eigenvalue weighted by atomic mass is 127. The molecule has 0 radical (unpaired) electrons. The zero-order valence-corrected chi connectivity index (χ0v) is 7.39. The van der Waals surface area contributed by atoms with Gasteiger partial charge in [-0.15, -0.1) is 0 Å². The largest absolute Gasteiger partial charge is 0.228 e. The first-order valence-corrected chi connectivity index (χ1v) is 4.01. The maximum absolute atomic E-state index is 3.85. The third kappa shape index (κ3) is 6.40. The lowest BCUT2D eigenvalue weighted by atomic mass is 10.2. The van der Waals surface area contributed by atoms with Crippen molar-refractivity contribution < 1.29 is 0 Å². The first-order chi connectivity index (χ1) is 3.91. The van der Waals surface area contributed by atoms with E-state index in [1.165, 1.54) is 19.3 Å². The summed E-state index contributed by atoms with van der Waals surface area (Å²) in [6.07, 6.45) is 7.05. The maximum Gasteiger partial charge on any atom is 0.0827 e. The minimum Gasteiger partial charge on any atom is -0.228 e. The SMILES string of the molecule is CCCCCC=NI. The van der Waals surface area contributed by atoms with Crippen molar-refractivity contribution in [2.24, 2.45) is 3.21 Å². The molecule has 0 fully saturated rings. The van der Waals surface area contributed by atoms with E-state index in [2.05, 4.69) is 10.1 Å².